The van der Waals surface area contributed by atoms with Gasteiger partial charge in [0, 0.05) is 18.3 Å². The average Bonchev–Trinajstić information content (AvgIpc) is 2.47. The molecule has 1 heterocycles. The second-order valence-electron chi connectivity index (χ2n) is 4.64. The number of aryl methyl sites for hydroxylation is 1. The lowest BCUT2D eigenvalue weighted by atomic mass is 10.1. The molecule has 0 unspecified atom stereocenters. The molecule has 2 aromatic rings. The highest BCUT2D eigenvalue weighted by molar-refractivity contribution is 5.78. The lowest BCUT2D eigenvalue weighted by Gasteiger charge is -2.07. The first-order valence-electron chi connectivity index (χ1n) is 6.47. The van der Waals surface area contributed by atoms with E-state index in [-0.39, 0.29) is 18.0 Å². The predicted octanol–water partition coefficient (Wildman–Crippen LogP) is 2.16. The Kier molecular flexibility index (Phi) is 4.61. The van der Waals surface area contributed by atoms with Gasteiger partial charge in [0.2, 0.25) is 5.91 Å². The number of pyridine rings is 1. The predicted molar refractivity (Wildman–Crippen MR) is 77.6 cm³/mol. The summed E-state index contributed by atoms with van der Waals surface area (Å²) in [5.74, 6) is -0.145. The first-order valence-corrected chi connectivity index (χ1v) is 6.47. The molecule has 0 bridgehead atoms. The average molecular weight is 285 g/mol. The van der Waals surface area contributed by atoms with Crippen molar-refractivity contribution in [3.05, 3.63) is 69.5 Å². The minimum atomic E-state index is -0.465. The Labute approximate surface area is 122 Å². The zero-order valence-electron chi connectivity index (χ0n) is 11.6. The molecule has 0 atom stereocenters. The van der Waals surface area contributed by atoms with Gasteiger partial charge in [-0.2, -0.15) is 0 Å². The number of benzene rings is 1. The molecular weight excluding hydrogens is 270 g/mol. The van der Waals surface area contributed by atoms with Gasteiger partial charge in [-0.05, 0) is 24.1 Å². The molecule has 1 N–H and O–H groups in total. The van der Waals surface area contributed by atoms with Gasteiger partial charge in [0.25, 0.3) is 5.69 Å². The fourth-order valence-electron chi connectivity index (χ4n) is 1.87. The zero-order chi connectivity index (χ0) is 15.2. The van der Waals surface area contributed by atoms with Gasteiger partial charge in [0.1, 0.15) is 0 Å². The number of non-ortho nitro benzene ring substituents is 1. The third-order valence-corrected chi connectivity index (χ3v) is 3.08. The van der Waals surface area contributed by atoms with Crippen molar-refractivity contribution in [1.29, 1.82) is 0 Å². The van der Waals surface area contributed by atoms with Crippen LogP contribution >= 0.6 is 0 Å². The van der Waals surface area contributed by atoms with E-state index in [4.69, 9.17) is 0 Å². The molecule has 6 nitrogen and oxygen atoms in total. The first-order chi connectivity index (χ1) is 10.1. The third-order valence-electron chi connectivity index (χ3n) is 3.08. The summed E-state index contributed by atoms with van der Waals surface area (Å²) in [4.78, 5) is 26.1. The molecule has 0 aliphatic carbocycles. The Morgan fingerprint density at radius 2 is 2.00 bits per heavy atom. The highest BCUT2D eigenvalue weighted by Crippen LogP contribution is 2.12. The molecule has 21 heavy (non-hydrogen) atoms. The maximum atomic E-state index is 11.8. The Hall–Kier alpha value is -2.76. The van der Waals surface area contributed by atoms with Crippen LogP contribution in [0.2, 0.25) is 0 Å². The van der Waals surface area contributed by atoms with E-state index in [0.717, 1.165) is 16.8 Å². The summed E-state index contributed by atoms with van der Waals surface area (Å²) in [5.41, 5.74) is 2.60. The number of amides is 1. The van der Waals surface area contributed by atoms with Gasteiger partial charge in [0.15, 0.2) is 0 Å². The first kappa shape index (κ1) is 14.6. The van der Waals surface area contributed by atoms with E-state index in [1.54, 1.807) is 18.3 Å². The van der Waals surface area contributed by atoms with Crippen LogP contribution < -0.4 is 5.32 Å². The molecule has 0 aliphatic heterocycles. The van der Waals surface area contributed by atoms with E-state index in [2.05, 4.69) is 10.3 Å². The van der Waals surface area contributed by atoms with Crippen molar-refractivity contribution in [2.24, 2.45) is 0 Å². The Morgan fingerprint density at radius 1 is 1.29 bits per heavy atom. The molecule has 0 aliphatic rings. The Morgan fingerprint density at radius 3 is 2.62 bits per heavy atom. The smallest absolute Gasteiger partial charge is 0.269 e. The van der Waals surface area contributed by atoms with Crippen LogP contribution in [-0.4, -0.2) is 15.8 Å². The monoisotopic (exact) mass is 285 g/mol. The van der Waals surface area contributed by atoms with Crippen LogP contribution in [0, 0.1) is 17.0 Å². The highest BCUT2D eigenvalue weighted by atomic mass is 16.6. The molecule has 6 heteroatoms. The van der Waals surface area contributed by atoms with E-state index in [1.165, 1.54) is 12.1 Å². The number of hydrogen-bond donors (Lipinski definition) is 1. The summed E-state index contributed by atoms with van der Waals surface area (Å²) in [6.07, 6.45) is 1.87. The lowest BCUT2D eigenvalue weighted by molar-refractivity contribution is -0.384. The molecular formula is C15H15N3O3. The van der Waals surface area contributed by atoms with Gasteiger partial charge >= 0.3 is 0 Å². The molecule has 0 saturated carbocycles. The SMILES string of the molecule is Cc1cccnc1CNC(=O)Cc1ccc([N+](=O)[O-])cc1. The fraction of sp³-hybridized carbons (Fsp3) is 0.200. The van der Waals surface area contributed by atoms with Crippen LogP contribution in [0.4, 0.5) is 5.69 Å². The van der Waals surface area contributed by atoms with Crippen LogP contribution in [0.1, 0.15) is 16.8 Å². The van der Waals surface area contributed by atoms with Crippen LogP contribution in [0.25, 0.3) is 0 Å². The van der Waals surface area contributed by atoms with Crippen molar-refractivity contribution in [3.8, 4) is 0 Å². The minimum absolute atomic E-state index is 0.0169. The van der Waals surface area contributed by atoms with Crippen molar-refractivity contribution >= 4 is 11.6 Å². The molecule has 1 amide bonds. The van der Waals surface area contributed by atoms with Crippen molar-refractivity contribution < 1.29 is 9.72 Å². The maximum absolute atomic E-state index is 11.8. The molecule has 0 spiro atoms. The normalized spacial score (nSPS) is 10.1. The third kappa shape index (κ3) is 4.10. The van der Waals surface area contributed by atoms with Gasteiger partial charge < -0.3 is 5.32 Å². The maximum Gasteiger partial charge on any atom is 0.269 e. The van der Waals surface area contributed by atoms with Gasteiger partial charge in [-0.25, -0.2) is 0 Å². The number of nitrogens with one attached hydrogen (secondary N) is 1. The highest BCUT2D eigenvalue weighted by Gasteiger charge is 2.08. The van der Waals surface area contributed by atoms with Crippen LogP contribution in [0.5, 0.6) is 0 Å². The number of hydrogen-bond acceptors (Lipinski definition) is 4. The molecule has 1 aromatic carbocycles. The quantitative estimate of drug-likeness (QED) is 0.673. The van der Waals surface area contributed by atoms with E-state index in [0.29, 0.717) is 6.54 Å². The number of aromatic nitrogens is 1. The number of rotatable bonds is 5. The van der Waals surface area contributed by atoms with Gasteiger partial charge in [-0.3, -0.25) is 19.9 Å². The summed E-state index contributed by atoms with van der Waals surface area (Å²) in [7, 11) is 0. The van der Waals surface area contributed by atoms with Crippen molar-refractivity contribution in [3.63, 3.8) is 0 Å². The molecule has 1 aromatic heterocycles. The standard InChI is InChI=1S/C15H15N3O3/c1-11-3-2-8-16-14(11)10-17-15(19)9-12-4-6-13(7-5-12)18(20)21/h2-8H,9-10H2,1H3,(H,17,19). The van der Waals surface area contributed by atoms with Gasteiger partial charge in [0.05, 0.1) is 23.6 Å². The van der Waals surface area contributed by atoms with Crippen LogP contribution in [0.3, 0.4) is 0 Å². The van der Waals surface area contributed by atoms with E-state index < -0.39 is 4.92 Å². The molecule has 0 fully saturated rings. The second-order valence-corrected chi connectivity index (χ2v) is 4.64. The van der Waals surface area contributed by atoms with Gasteiger partial charge in [-0.1, -0.05) is 18.2 Å². The number of carbonyl (C=O) groups is 1. The molecule has 108 valence electrons. The molecule has 0 radical (unpaired) electrons. The van der Waals surface area contributed by atoms with E-state index in [1.807, 2.05) is 19.1 Å². The minimum Gasteiger partial charge on any atom is -0.350 e. The van der Waals surface area contributed by atoms with Crippen LogP contribution in [0.15, 0.2) is 42.6 Å². The summed E-state index contributed by atoms with van der Waals surface area (Å²) in [6.45, 7) is 2.31. The largest absolute Gasteiger partial charge is 0.350 e. The summed E-state index contributed by atoms with van der Waals surface area (Å²) < 4.78 is 0. The lowest BCUT2D eigenvalue weighted by Crippen LogP contribution is -2.25. The summed E-state index contributed by atoms with van der Waals surface area (Å²) >= 11 is 0. The number of carbonyl (C=O) groups excluding carboxylic acids is 1. The fourth-order valence-corrected chi connectivity index (χ4v) is 1.87. The van der Waals surface area contributed by atoms with E-state index >= 15 is 0 Å². The summed E-state index contributed by atoms with van der Waals surface area (Å²) in [6, 6.07) is 9.74. The van der Waals surface area contributed by atoms with Crippen molar-refractivity contribution in [2.75, 3.05) is 0 Å². The van der Waals surface area contributed by atoms with Crippen molar-refractivity contribution in [2.45, 2.75) is 19.9 Å². The van der Waals surface area contributed by atoms with E-state index in [9.17, 15) is 14.9 Å². The second kappa shape index (κ2) is 6.60. The number of nitrogens with zero attached hydrogens (tertiary/aromatic N) is 2. The topological polar surface area (TPSA) is 85.1 Å². The molecule has 0 saturated heterocycles. The zero-order valence-corrected chi connectivity index (χ0v) is 11.6. The number of nitro benzene ring substituents is 1. The van der Waals surface area contributed by atoms with Crippen molar-refractivity contribution in [1.82, 2.24) is 10.3 Å². The number of nitro groups is 1. The Balaban J connectivity index is 1.90. The van der Waals surface area contributed by atoms with Gasteiger partial charge in [-0.15, -0.1) is 0 Å². The Bertz CT molecular complexity index is 653. The van der Waals surface area contributed by atoms with Crippen LogP contribution in [-0.2, 0) is 17.8 Å². The molecule has 2 rings (SSSR count). The summed E-state index contributed by atoms with van der Waals surface area (Å²) in [5, 5.41) is 13.3.